The first kappa shape index (κ1) is 23.9. The van der Waals surface area contributed by atoms with Crippen LogP contribution < -0.4 is 16.0 Å². The summed E-state index contributed by atoms with van der Waals surface area (Å²) in [6.07, 6.45) is 0. The average molecular weight is 446 g/mol. The normalized spacial score (nSPS) is 11.4. The van der Waals surface area contributed by atoms with Crippen LogP contribution in [0.5, 0.6) is 0 Å². The van der Waals surface area contributed by atoms with E-state index in [4.69, 9.17) is 16.3 Å². The molecule has 2 rings (SSSR count). The number of anilines is 2. The van der Waals surface area contributed by atoms with E-state index >= 15 is 0 Å². The summed E-state index contributed by atoms with van der Waals surface area (Å²) < 4.78 is 5.09. The maximum Gasteiger partial charge on any atom is 0.329 e. The molecule has 2 aromatic rings. The van der Waals surface area contributed by atoms with E-state index in [9.17, 15) is 19.2 Å². The molecule has 0 aromatic heterocycles. The molecule has 0 saturated heterocycles. The van der Waals surface area contributed by atoms with Gasteiger partial charge in [0.15, 0.2) is 6.61 Å². The lowest BCUT2D eigenvalue weighted by atomic mass is 10.0. The SMILES string of the molecule is CC(=O)Nc1ccc(NC(=O)COC(=O)[C@H](NC(=O)c2ccccc2Cl)C(C)C)cc1. The minimum Gasteiger partial charge on any atom is -0.454 e. The number of hydrogen-bond donors (Lipinski definition) is 3. The van der Waals surface area contributed by atoms with E-state index in [1.165, 1.54) is 6.92 Å². The van der Waals surface area contributed by atoms with Crippen molar-refractivity contribution in [3.05, 3.63) is 59.1 Å². The lowest BCUT2D eigenvalue weighted by molar-refractivity contribution is -0.150. The lowest BCUT2D eigenvalue weighted by Crippen LogP contribution is -2.46. The van der Waals surface area contributed by atoms with Crippen molar-refractivity contribution in [2.75, 3.05) is 17.2 Å². The van der Waals surface area contributed by atoms with E-state index < -0.39 is 30.4 Å². The van der Waals surface area contributed by atoms with Gasteiger partial charge in [-0.25, -0.2) is 4.79 Å². The maximum atomic E-state index is 12.5. The van der Waals surface area contributed by atoms with E-state index in [1.54, 1.807) is 62.4 Å². The summed E-state index contributed by atoms with van der Waals surface area (Å²) in [6.45, 7) is 4.37. The fraction of sp³-hybridized carbons (Fsp3) is 0.273. The molecule has 0 bridgehead atoms. The first-order valence-corrected chi connectivity index (χ1v) is 9.94. The number of amides is 3. The van der Waals surface area contributed by atoms with Crippen LogP contribution in [-0.4, -0.2) is 36.3 Å². The van der Waals surface area contributed by atoms with Crippen LogP contribution in [0, 0.1) is 5.92 Å². The predicted molar refractivity (Wildman–Crippen MR) is 118 cm³/mol. The van der Waals surface area contributed by atoms with E-state index in [0.717, 1.165) is 0 Å². The molecular formula is C22H24ClN3O5. The second-order valence-electron chi connectivity index (χ2n) is 7.09. The summed E-state index contributed by atoms with van der Waals surface area (Å²) >= 11 is 6.03. The molecule has 0 heterocycles. The van der Waals surface area contributed by atoms with E-state index in [1.807, 2.05) is 0 Å². The van der Waals surface area contributed by atoms with Crippen molar-refractivity contribution in [3.63, 3.8) is 0 Å². The highest BCUT2D eigenvalue weighted by atomic mass is 35.5. The number of benzene rings is 2. The van der Waals surface area contributed by atoms with Gasteiger partial charge in [-0.05, 0) is 42.3 Å². The van der Waals surface area contributed by atoms with Crippen molar-refractivity contribution in [2.24, 2.45) is 5.92 Å². The molecule has 0 fully saturated rings. The van der Waals surface area contributed by atoms with Crippen LogP contribution in [0.4, 0.5) is 11.4 Å². The Balaban J connectivity index is 1.90. The highest BCUT2D eigenvalue weighted by Crippen LogP contribution is 2.16. The van der Waals surface area contributed by atoms with Crippen molar-refractivity contribution in [1.29, 1.82) is 0 Å². The number of esters is 1. The van der Waals surface area contributed by atoms with Crippen LogP contribution in [0.15, 0.2) is 48.5 Å². The van der Waals surface area contributed by atoms with Gasteiger partial charge in [-0.3, -0.25) is 14.4 Å². The van der Waals surface area contributed by atoms with Gasteiger partial charge < -0.3 is 20.7 Å². The summed E-state index contributed by atoms with van der Waals surface area (Å²) in [5.41, 5.74) is 1.30. The van der Waals surface area contributed by atoms with Gasteiger partial charge in [0.1, 0.15) is 6.04 Å². The Hall–Kier alpha value is -3.39. The molecule has 0 aliphatic heterocycles. The lowest BCUT2D eigenvalue weighted by Gasteiger charge is -2.21. The number of carbonyl (C=O) groups excluding carboxylic acids is 4. The van der Waals surface area contributed by atoms with Gasteiger partial charge >= 0.3 is 5.97 Å². The van der Waals surface area contributed by atoms with Crippen molar-refractivity contribution in [2.45, 2.75) is 26.8 Å². The quantitative estimate of drug-likeness (QED) is 0.540. The van der Waals surface area contributed by atoms with Gasteiger partial charge in [0.25, 0.3) is 11.8 Å². The monoisotopic (exact) mass is 445 g/mol. The Morgan fingerprint density at radius 3 is 2.06 bits per heavy atom. The number of hydrogen-bond acceptors (Lipinski definition) is 5. The topological polar surface area (TPSA) is 114 Å². The minimum absolute atomic E-state index is 0.204. The third-order valence-corrected chi connectivity index (χ3v) is 4.49. The molecule has 2 aromatic carbocycles. The third kappa shape index (κ3) is 7.42. The molecule has 0 aliphatic rings. The minimum atomic E-state index is -0.950. The van der Waals surface area contributed by atoms with Crippen LogP contribution in [0.2, 0.25) is 5.02 Å². The number of nitrogens with one attached hydrogen (secondary N) is 3. The molecule has 0 saturated carbocycles. The highest BCUT2D eigenvalue weighted by molar-refractivity contribution is 6.33. The molecule has 0 aliphatic carbocycles. The molecule has 3 N–H and O–H groups in total. The zero-order valence-corrected chi connectivity index (χ0v) is 18.2. The predicted octanol–water partition coefficient (Wildman–Crippen LogP) is 3.23. The molecule has 164 valence electrons. The van der Waals surface area contributed by atoms with Crippen molar-refractivity contribution in [3.8, 4) is 0 Å². The Bertz CT molecular complexity index is 960. The van der Waals surface area contributed by atoms with Crippen molar-refractivity contribution >= 4 is 46.7 Å². The highest BCUT2D eigenvalue weighted by Gasteiger charge is 2.27. The van der Waals surface area contributed by atoms with Gasteiger partial charge in [-0.15, -0.1) is 0 Å². The first-order chi connectivity index (χ1) is 14.7. The number of rotatable bonds is 8. The zero-order valence-electron chi connectivity index (χ0n) is 17.4. The third-order valence-electron chi connectivity index (χ3n) is 4.16. The van der Waals surface area contributed by atoms with Gasteiger partial charge in [-0.2, -0.15) is 0 Å². The van der Waals surface area contributed by atoms with E-state index in [2.05, 4.69) is 16.0 Å². The van der Waals surface area contributed by atoms with Gasteiger partial charge in [-0.1, -0.05) is 37.6 Å². The summed E-state index contributed by atoms with van der Waals surface area (Å²) in [5.74, 6) is -2.26. The van der Waals surface area contributed by atoms with Crippen LogP contribution in [0.1, 0.15) is 31.1 Å². The molecule has 8 nitrogen and oxygen atoms in total. The second-order valence-corrected chi connectivity index (χ2v) is 7.50. The van der Waals surface area contributed by atoms with Crippen molar-refractivity contribution in [1.82, 2.24) is 5.32 Å². The van der Waals surface area contributed by atoms with Crippen LogP contribution >= 0.6 is 11.6 Å². The van der Waals surface area contributed by atoms with Crippen LogP contribution in [-0.2, 0) is 19.1 Å². The molecule has 3 amide bonds. The largest absolute Gasteiger partial charge is 0.454 e. The fourth-order valence-electron chi connectivity index (χ4n) is 2.63. The van der Waals surface area contributed by atoms with Gasteiger partial charge in [0, 0.05) is 18.3 Å². The van der Waals surface area contributed by atoms with Gasteiger partial charge in [0.2, 0.25) is 5.91 Å². The van der Waals surface area contributed by atoms with Crippen LogP contribution in [0.25, 0.3) is 0 Å². The zero-order chi connectivity index (χ0) is 23.0. The van der Waals surface area contributed by atoms with Gasteiger partial charge in [0.05, 0.1) is 10.6 Å². The Morgan fingerprint density at radius 1 is 0.935 bits per heavy atom. The van der Waals surface area contributed by atoms with Crippen LogP contribution in [0.3, 0.4) is 0 Å². The van der Waals surface area contributed by atoms with E-state index in [-0.39, 0.29) is 22.4 Å². The number of halogens is 1. The summed E-state index contributed by atoms with van der Waals surface area (Å²) in [5, 5.41) is 8.07. The fourth-order valence-corrected chi connectivity index (χ4v) is 2.85. The Morgan fingerprint density at radius 2 is 1.52 bits per heavy atom. The smallest absolute Gasteiger partial charge is 0.329 e. The Labute approximate surface area is 185 Å². The summed E-state index contributed by atoms with van der Waals surface area (Å²) in [7, 11) is 0. The average Bonchev–Trinajstić information content (AvgIpc) is 2.71. The standard InChI is InChI=1S/C22H24ClN3O5/c1-13(2)20(26-21(29)17-6-4-5-7-18(17)23)22(30)31-12-19(28)25-16-10-8-15(9-11-16)24-14(3)27/h4-11,13,20H,12H2,1-3H3,(H,24,27)(H,25,28)(H,26,29)/t20-/m1/s1. The Kier molecular flexibility index (Phi) is 8.57. The molecule has 0 radical (unpaired) electrons. The molecule has 0 spiro atoms. The van der Waals surface area contributed by atoms with E-state index in [0.29, 0.717) is 11.4 Å². The molecule has 0 unspecified atom stereocenters. The summed E-state index contributed by atoms with van der Waals surface area (Å²) in [4.78, 5) is 48.0. The first-order valence-electron chi connectivity index (χ1n) is 9.57. The summed E-state index contributed by atoms with van der Waals surface area (Å²) in [6, 6.07) is 12.0. The number of carbonyl (C=O) groups is 4. The molecular weight excluding hydrogens is 422 g/mol. The number of ether oxygens (including phenoxy) is 1. The molecule has 9 heteroatoms. The maximum absolute atomic E-state index is 12.5. The second kappa shape index (κ2) is 11.1. The molecule has 1 atom stereocenters. The molecule has 31 heavy (non-hydrogen) atoms. The van der Waals surface area contributed by atoms with Crippen molar-refractivity contribution < 1.29 is 23.9 Å².